The van der Waals surface area contributed by atoms with E-state index in [1.807, 2.05) is 44.3 Å². The minimum Gasteiger partial charge on any atom is -0.368 e. The van der Waals surface area contributed by atoms with E-state index in [0.29, 0.717) is 11.5 Å². The van der Waals surface area contributed by atoms with Crippen molar-refractivity contribution in [3.8, 4) is 0 Å². The zero-order valence-electron chi connectivity index (χ0n) is 19.1. The van der Waals surface area contributed by atoms with Crippen LogP contribution in [0.2, 0.25) is 0 Å². The molecule has 2 amide bonds. The molecular weight excluding hydrogens is 426 g/mol. The number of fused-ring (bicyclic) bond motifs is 1. The van der Waals surface area contributed by atoms with Crippen molar-refractivity contribution >= 4 is 34.1 Å². The molecule has 0 fully saturated rings. The number of carbonyl (C=O) groups excluding carboxylic acids is 2. The van der Waals surface area contributed by atoms with E-state index in [0.717, 1.165) is 16.5 Å². The van der Waals surface area contributed by atoms with Gasteiger partial charge in [-0.15, -0.1) is 0 Å². The number of hydroxylamine groups is 1. The van der Waals surface area contributed by atoms with Crippen molar-refractivity contribution in [3.05, 3.63) is 56.5 Å². The topological polar surface area (TPSA) is 144 Å². The van der Waals surface area contributed by atoms with Crippen LogP contribution < -0.4 is 31.9 Å². The van der Waals surface area contributed by atoms with Gasteiger partial charge in [0.1, 0.15) is 23.5 Å². The van der Waals surface area contributed by atoms with Crippen molar-refractivity contribution in [3.63, 3.8) is 0 Å². The Bertz CT molecular complexity index is 1220. The summed E-state index contributed by atoms with van der Waals surface area (Å²) in [6, 6.07) is 5.91. The van der Waals surface area contributed by atoms with Crippen LogP contribution in [0.1, 0.15) is 25.8 Å². The summed E-state index contributed by atoms with van der Waals surface area (Å²) in [5, 5.41) is 19.4. The normalized spacial score (nSPS) is 14.0. The van der Waals surface area contributed by atoms with Gasteiger partial charge in [-0.25, -0.2) is 0 Å². The average molecular weight is 456 g/mol. The zero-order valence-corrected chi connectivity index (χ0v) is 19.1. The van der Waals surface area contributed by atoms with Gasteiger partial charge in [-0.1, -0.05) is 38.5 Å². The van der Waals surface area contributed by atoms with Gasteiger partial charge in [0.05, 0.1) is 0 Å². The molecule has 3 atom stereocenters. The van der Waals surface area contributed by atoms with Crippen molar-refractivity contribution < 1.29 is 14.8 Å². The van der Waals surface area contributed by atoms with Crippen molar-refractivity contribution in [1.29, 1.82) is 0 Å². The SMILES string of the molecule is CC[C@H](C)[C@H](Nc1c(N(C)O)c(=O)c1=O)C(=O)N[C@@H](Cc1c[nH]c2ccccc12)C(=O)NC. The second-order valence-electron chi connectivity index (χ2n) is 8.15. The number of nitrogens with one attached hydrogen (secondary N) is 4. The van der Waals surface area contributed by atoms with Crippen LogP contribution in [0.15, 0.2) is 40.1 Å². The van der Waals surface area contributed by atoms with Gasteiger partial charge in [0.2, 0.25) is 11.8 Å². The van der Waals surface area contributed by atoms with Gasteiger partial charge in [0.15, 0.2) is 0 Å². The van der Waals surface area contributed by atoms with E-state index in [2.05, 4.69) is 20.9 Å². The van der Waals surface area contributed by atoms with Crippen LogP contribution in [-0.4, -0.2) is 48.2 Å². The maximum absolute atomic E-state index is 13.3. The van der Waals surface area contributed by atoms with E-state index < -0.39 is 28.8 Å². The van der Waals surface area contributed by atoms with E-state index >= 15 is 0 Å². The predicted octanol–water partition coefficient (Wildman–Crippen LogP) is 0.889. The standard InChI is InChI=1S/C23H29N5O5/c1-5-12(2)17(27-18-19(28(4)33)21(30)20(18)29)23(32)26-16(22(31)24-3)10-13-11-25-15-9-7-6-8-14(13)15/h6-9,11-12,16-17,25,27,33H,5,10H2,1-4H3,(H,24,31)(H,26,32)/t12-,16-,17-/m0/s1. The Morgan fingerprint density at radius 3 is 2.48 bits per heavy atom. The first-order chi connectivity index (χ1) is 15.7. The highest BCUT2D eigenvalue weighted by molar-refractivity contribution is 5.93. The number of hydrogen-bond donors (Lipinski definition) is 5. The van der Waals surface area contributed by atoms with E-state index in [-0.39, 0.29) is 29.6 Å². The molecule has 3 rings (SSSR count). The molecule has 10 heteroatoms. The number of aromatic nitrogens is 1. The molecule has 0 saturated heterocycles. The minimum absolute atomic E-state index is 0.112. The van der Waals surface area contributed by atoms with Crippen LogP contribution in [0, 0.1) is 5.92 Å². The number of carbonyl (C=O) groups is 2. The molecule has 0 saturated carbocycles. The summed E-state index contributed by atoms with van der Waals surface area (Å²) < 4.78 is 0. The predicted molar refractivity (Wildman–Crippen MR) is 126 cm³/mol. The average Bonchev–Trinajstić information content (AvgIpc) is 3.22. The molecule has 2 aromatic carbocycles. The molecule has 0 unspecified atom stereocenters. The van der Waals surface area contributed by atoms with E-state index in [1.165, 1.54) is 14.1 Å². The molecule has 33 heavy (non-hydrogen) atoms. The number of hydrogen-bond acceptors (Lipinski definition) is 7. The molecule has 0 spiro atoms. The smallest absolute Gasteiger partial charge is 0.255 e. The lowest BCUT2D eigenvalue weighted by Gasteiger charge is -2.28. The second-order valence-corrected chi connectivity index (χ2v) is 8.15. The number of benzene rings is 1. The molecule has 0 radical (unpaired) electrons. The van der Waals surface area contributed by atoms with E-state index in [9.17, 15) is 24.4 Å². The van der Waals surface area contributed by atoms with E-state index in [4.69, 9.17) is 0 Å². The number of anilines is 2. The van der Waals surface area contributed by atoms with Crippen LogP contribution >= 0.6 is 0 Å². The van der Waals surface area contributed by atoms with E-state index in [1.54, 1.807) is 0 Å². The van der Waals surface area contributed by atoms with Gasteiger partial charge in [0.25, 0.3) is 10.9 Å². The molecule has 5 N–H and O–H groups in total. The third-order valence-electron chi connectivity index (χ3n) is 5.98. The lowest BCUT2D eigenvalue weighted by Crippen LogP contribution is -2.54. The van der Waals surface area contributed by atoms with Crippen LogP contribution in [0.5, 0.6) is 0 Å². The number of likely N-dealkylation sites (N-methyl/N-ethyl adjacent to an activating group) is 1. The third-order valence-corrected chi connectivity index (χ3v) is 5.98. The Balaban J connectivity index is 1.85. The highest BCUT2D eigenvalue weighted by Crippen LogP contribution is 2.22. The van der Waals surface area contributed by atoms with Gasteiger partial charge in [0, 0.05) is 37.6 Å². The maximum atomic E-state index is 13.3. The fourth-order valence-electron chi connectivity index (χ4n) is 3.85. The molecule has 0 aliphatic rings. The lowest BCUT2D eigenvalue weighted by atomic mass is 9.96. The fraction of sp³-hybridized carbons (Fsp3) is 0.391. The Morgan fingerprint density at radius 1 is 1.15 bits per heavy atom. The van der Waals surface area contributed by atoms with Crippen molar-refractivity contribution in [1.82, 2.24) is 15.6 Å². The Labute approximate surface area is 190 Å². The Kier molecular flexibility index (Phi) is 7.17. The largest absolute Gasteiger partial charge is 0.368 e. The summed E-state index contributed by atoms with van der Waals surface area (Å²) in [7, 11) is 2.72. The first-order valence-electron chi connectivity index (χ1n) is 10.8. The number of aromatic amines is 1. The quantitative estimate of drug-likeness (QED) is 0.226. The Morgan fingerprint density at radius 2 is 1.85 bits per heavy atom. The minimum atomic E-state index is -0.896. The summed E-state index contributed by atoms with van der Waals surface area (Å²) in [6.07, 6.45) is 2.66. The maximum Gasteiger partial charge on any atom is 0.255 e. The van der Waals surface area contributed by atoms with Gasteiger partial charge >= 0.3 is 0 Å². The number of para-hydroxylation sites is 1. The molecular formula is C23H29N5O5. The van der Waals surface area contributed by atoms with Gasteiger partial charge < -0.3 is 20.9 Å². The molecule has 0 bridgehead atoms. The summed E-state index contributed by atoms with van der Waals surface area (Å²) >= 11 is 0. The molecule has 1 heterocycles. The van der Waals surface area contributed by atoms with Crippen molar-refractivity contribution in [2.24, 2.45) is 5.92 Å². The zero-order chi connectivity index (χ0) is 24.3. The molecule has 10 nitrogen and oxygen atoms in total. The number of nitrogens with zero attached hydrogens (tertiary/aromatic N) is 1. The highest BCUT2D eigenvalue weighted by Gasteiger charge is 2.33. The fourth-order valence-corrected chi connectivity index (χ4v) is 3.85. The molecule has 1 aromatic heterocycles. The third kappa shape index (κ3) is 4.75. The van der Waals surface area contributed by atoms with Gasteiger partial charge in [-0.05, 0) is 17.5 Å². The number of H-pyrrole nitrogens is 1. The summed E-state index contributed by atoms with van der Waals surface area (Å²) in [5.41, 5.74) is -0.128. The lowest BCUT2D eigenvalue weighted by molar-refractivity contribution is -0.129. The van der Waals surface area contributed by atoms with Crippen LogP contribution in [0.4, 0.5) is 11.4 Å². The van der Waals surface area contributed by atoms with Gasteiger partial charge in [-0.3, -0.25) is 29.4 Å². The Hall–Kier alpha value is -3.66. The van der Waals surface area contributed by atoms with Crippen molar-refractivity contribution in [2.45, 2.75) is 38.8 Å². The number of amides is 2. The van der Waals surface area contributed by atoms with Crippen LogP contribution in [0.3, 0.4) is 0 Å². The monoisotopic (exact) mass is 455 g/mol. The number of rotatable bonds is 10. The van der Waals surface area contributed by atoms with Crippen LogP contribution in [-0.2, 0) is 16.0 Å². The van der Waals surface area contributed by atoms with Crippen molar-refractivity contribution in [2.75, 3.05) is 24.5 Å². The first-order valence-corrected chi connectivity index (χ1v) is 10.8. The van der Waals surface area contributed by atoms with Crippen LogP contribution in [0.25, 0.3) is 10.9 Å². The first kappa shape index (κ1) is 24.0. The highest BCUT2D eigenvalue weighted by atomic mass is 16.5. The molecule has 0 aliphatic carbocycles. The second kappa shape index (κ2) is 9.86. The summed E-state index contributed by atoms with van der Waals surface area (Å²) in [5.74, 6) is -1.08. The molecule has 0 aliphatic heterocycles. The van der Waals surface area contributed by atoms with Gasteiger partial charge in [-0.2, -0.15) is 0 Å². The summed E-state index contributed by atoms with van der Waals surface area (Å²) in [6.45, 7) is 3.70. The summed E-state index contributed by atoms with van der Waals surface area (Å²) in [4.78, 5) is 52.8. The molecule has 176 valence electrons. The molecule has 3 aromatic rings.